The second-order valence-electron chi connectivity index (χ2n) is 14.0. The SMILES string of the molecule is c1ccc(-c2cccc(-c3cccc(-c4cccc(-c5nc(-c6ccccc6)nc(-n6c7ccccc7c7ccc8c9ccccc9oc8c76)n5)c4)c3)c2)cc1. The first kappa shape index (κ1) is 31.9. The number of para-hydroxylation sites is 2. The molecule has 0 spiro atoms. The Kier molecular flexibility index (Phi) is 7.42. The maximum atomic E-state index is 6.63. The van der Waals surface area contributed by atoms with Crippen LogP contribution in [0.2, 0.25) is 0 Å². The highest BCUT2D eigenvalue weighted by atomic mass is 16.3. The number of hydrogen-bond donors (Lipinski definition) is 0. The Hall–Kier alpha value is -7.63. The van der Waals surface area contributed by atoms with Crippen molar-refractivity contribution >= 4 is 43.7 Å². The van der Waals surface area contributed by atoms with Crippen LogP contribution in [-0.4, -0.2) is 19.5 Å². The highest BCUT2D eigenvalue weighted by Gasteiger charge is 2.22. The lowest BCUT2D eigenvalue weighted by atomic mass is 9.95. The molecule has 0 amide bonds. The molecule has 262 valence electrons. The third kappa shape index (κ3) is 5.37. The Labute approximate surface area is 322 Å². The number of furan rings is 1. The number of benzene rings is 8. The molecule has 0 saturated carbocycles. The lowest BCUT2D eigenvalue weighted by molar-refractivity contribution is 0.670. The van der Waals surface area contributed by atoms with Crippen LogP contribution >= 0.6 is 0 Å². The Bertz CT molecular complexity index is 3250. The van der Waals surface area contributed by atoms with Gasteiger partial charge in [0.1, 0.15) is 11.1 Å². The fourth-order valence-electron chi connectivity index (χ4n) is 7.97. The van der Waals surface area contributed by atoms with Gasteiger partial charge in [0, 0.05) is 32.7 Å². The van der Waals surface area contributed by atoms with E-state index in [1.165, 1.54) is 16.7 Å². The summed E-state index contributed by atoms with van der Waals surface area (Å²) >= 11 is 0. The van der Waals surface area contributed by atoms with Gasteiger partial charge in [0.05, 0.1) is 5.52 Å². The normalized spacial score (nSPS) is 11.6. The molecule has 0 bridgehead atoms. The van der Waals surface area contributed by atoms with Crippen molar-refractivity contribution in [3.8, 4) is 62.1 Å². The fraction of sp³-hybridized carbons (Fsp3) is 0. The highest BCUT2D eigenvalue weighted by Crippen LogP contribution is 2.40. The minimum Gasteiger partial charge on any atom is -0.454 e. The molecule has 8 aromatic carbocycles. The van der Waals surface area contributed by atoms with Crippen molar-refractivity contribution in [1.29, 1.82) is 0 Å². The summed E-state index contributed by atoms with van der Waals surface area (Å²) < 4.78 is 8.77. The van der Waals surface area contributed by atoms with Crippen LogP contribution in [0.1, 0.15) is 0 Å². The Morgan fingerprint density at radius 3 is 1.50 bits per heavy atom. The van der Waals surface area contributed by atoms with Gasteiger partial charge in [0.25, 0.3) is 0 Å². The number of fused-ring (bicyclic) bond motifs is 7. The molecule has 0 radical (unpaired) electrons. The molecule has 3 heterocycles. The maximum Gasteiger partial charge on any atom is 0.238 e. The van der Waals surface area contributed by atoms with E-state index in [2.05, 4.69) is 156 Å². The lowest BCUT2D eigenvalue weighted by Gasteiger charge is -2.12. The second kappa shape index (κ2) is 13.0. The van der Waals surface area contributed by atoms with E-state index < -0.39 is 0 Å². The number of aromatic nitrogens is 4. The van der Waals surface area contributed by atoms with E-state index >= 15 is 0 Å². The van der Waals surface area contributed by atoms with Crippen molar-refractivity contribution in [3.63, 3.8) is 0 Å². The number of nitrogens with zero attached hydrogens (tertiary/aromatic N) is 4. The van der Waals surface area contributed by atoms with Crippen molar-refractivity contribution in [2.24, 2.45) is 0 Å². The van der Waals surface area contributed by atoms with E-state index in [1.54, 1.807) is 0 Å². The fourth-order valence-corrected chi connectivity index (χ4v) is 7.97. The third-order valence-electron chi connectivity index (χ3n) is 10.7. The predicted octanol–water partition coefficient (Wildman–Crippen LogP) is 13.2. The monoisotopic (exact) mass is 716 g/mol. The molecule has 11 aromatic rings. The van der Waals surface area contributed by atoms with E-state index in [0.29, 0.717) is 17.6 Å². The predicted molar refractivity (Wildman–Crippen MR) is 229 cm³/mol. The highest BCUT2D eigenvalue weighted by molar-refractivity contribution is 6.21. The molecule has 56 heavy (non-hydrogen) atoms. The number of hydrogen-bond acceptors (Lipinski definition) is 4. The first-order valence-electron chi connectivity index (χ1n) is 18.8. The zero-order valence-corrected chi connectivity index (χ0v) is 30.2. The van der Waals surface area contributed by atoms with E-state index in [0.717, 1.165) is 71.6 Å². The summed E-state index contributed by atoms with van der Waals surface area (Å²) in [4.78, 5) is 15.6. The van der Waals surface area contributed by atoms with Crippen molar-refractivity contribution in [1.82, 2.24) is 19.5 Å². The number of rotatable bonds is 6. The molecule has 11 rings (SSSR count). The minimum absolute atomic E-state index is 0.527. The molecule has 0 atom stereocenters. The van der Waals surface area contributed by atoms with E-state index in [4.69, 9.17) is 19.4 Å². The Balaban J connectivity index is 1.08. The Morgan fingerprint density at radius 1 is 0.339 bits per heavy atom. The molecule has 0 aliphatic rings. The molecule has 3 aromatic heterocycles. The van der Waals surface area contributed by atoms with E-state index in [-0.39, 0.29) is 0 Å². The third-order valence-corrected chi connectivity index (χ3v) is 10.7. The van der Waals surface area contributed by atoms with Crippen LogP contribution in [0, 0.1) is 0 Å². The second-order valence-corrected chi connectivity index (χ2v) is 14.0. The molecule has 0 aliphatic carbocycles. The van der Waals surface area contributed by atoms with Gasteiger partial charge in [-0.1, -0.05) is 158 Å². The van der Waals surface area contributed by atoms with Crippen molar-refractivity contribution in [2.45, 2.75) is 0 Å². The molecule has 0 N–H and O–H groups in total. The van der Waals surface area contributed by atoms with Gasteiger partial charge in [-0.3, -0.25) is 4.57 Å². The van der Waals surface area contributed by atoms with Crippen LogP contribution in [0.5, 0.6) is 0 Å². The molecule has 5 nitrogen and oxygen atoms in total. The van der Waals surface area contributed by atoms with Gasteiger partial charge in [-0.2, -0.15) is 9.97 Å². The summed E-state index contributed by atoms with van der Waals surface area (Å²) in [6.45, 7) is 0. The smallest absolute Gasteiger partial charge is 0.238 e. The van der Waals surface area contributed by atoms with Crippen LogP contribution in [0.3, 0.4) is 0 Å². The summed E-state index contributed by atoms with van der Waals surface area (Å²) in [5.74, 6) is 1.71. The molecular formula is C51H32N4O. The van der Waals surface area contributed by atoms with Crippen LogP contribution in [0.4, 0.5) is 0 Å². The first-order valence-corrected chi connectivity index (χ1v) is 18.8. The van der Waals surface area contributed by atoms with Gasteiger partial charge in [0.15, 0.2) is 17.2 Å². The van der Waals surface area contributed by atoms with Crippen LogP contribution < -0.4 is 0 Å². The van der Waals surface area contributed by atoms with Crippen molar-refractivity contribution in [3.05, 3.63) is 194 Å². The molecule has 0 saturated heterocycles. The van der Waals surface area contributed by atoms with Crippen LogP contribution in [0.15, 0.2) is 199 Å². The molecular weight excluding hydrogens is 685 g/mol. The van der Waals surface area contributed by atoms with Crippen molar-refractivity contribution < 1.29 is 4.42 Å². The topological polar surface area (TPSA) is 56.7 Å². The summed E-state index contributed by atoms with van der Waals surface area (Å²) in [6, 6.07) is 67.5. The van der Waals surface area contributed by atoms with Crippen LogP contribution in [0.25, 0.3) is 106 Å². The minimum atomic E-state index is 0.527. The average Bonchev–Trinajstić information content (AvgIpc) is 3.83. The zero-order valence-electron chi connectivity index (χ0n) is 30.2. The summed E-state index contributed by atoms with van der Waals surface area (Å²) in [7, 11) is 0. The van der Waals surface area contributed by atoms with Gasteiger partial charge in [0.2, 0.25) is 5.95 Å². The zero-order chi connectivity index (χ0) is 37.0. The van der Waals surface area contributed by atoms with E-state index in [1.807, 2.05) is 42.5 Å². The van der Waals surface area contributed by atoms with Gasteiger partial charge in [-0.05, 0) is 69.8 Å². The maximum absolute atomic E-state index is 6.63. The van der Waals surface area contributed by atoms with Gasteiger partial charge in [-0.15, -0.1) is 0 Å². The van der Waals surface area contributed by atoms with Gasteiger partial charge < -0.3 is 4.42 Å². The molecule has 5 heteroatoms. The molecule has 0 fully saturated rings. The quantitative estimate of drug-likeness (QED) is 0.172. The Morgan fingerprint density at radius 2 is 0.821 bits per heavy atom. The molecule has 0 unspecified atom stereocenters. The van der Waals surface area contributed by atoms with Crippen molar-refractivity contribution in [2.75, 3.05) is 0 Å². The first-order chi connectivity index (χ1) is 27.7. The molecule has 0 aliphatic heterocycles. The van der Waals surface area contributed by atoms with E-state index in [9.17, 15) is 0 Å². The van der Waals surface area contributed by atoms with Gasteiger partial charge >= 0.3 is 0 Å². The van der Waals surface area contributed by atoms with Gasteiger partial charge in [-0.25, -0.2) is 4.98 Å². The van der Waals surface area contributed by atoms with Crippen LogP contribution in [-0.2, 0) is 0 Å². The lowest BCUT2D eigenvalue weighted by Crippen LogP contribution is -2.06. The standard InChI is InChI=1S/C51H32N4O/c1-3-14-33(15-4-1)35-18-11-19-36(30-35)37-20-12-21-38(31-37)39-22-13-23-40(32-39)50-52-49(34-16-5-2-6-17-34)53-51(54-50)55-45-26-9-7-24-41(45)43-28-29-44-42-25-8-10-27-46(42)56-48(44)47(43)55/h1-32H. The summed E-state index contributed by atoms with van der Waals surface area (Å²) in [6.07, 6.45) is 0. The average molecular weight is 717 g/mol. The summed E-state index contributed by atoms with van der Waals surface area (Å²) in [5.41, 5.74) is 12.3. The largest absolute Gasteiger partial charge is 0.454 e. The summed E-state index contributed by atoms with van der Waals surface area (Å²) in [5, 5.41) is 4.31.